The van der Waals surface area contributed by atoms with Crippen LogP contribution in [0.15, 0.2) is 30.3 Å². The molecule has 0 heterocycles. The minimum absolute atomic E-state index is 0.0310. The van der Waals surface area contributed by atoms with Crippen LogP contribution in [-0.2, 0) is 4.79 Å². The van der Waals surface area contributed by atoms with Crippen molar-refractivity contribution in [2.24, 2.45) is 0 Å². The Balaban J connectivity index is 0.000000745. The lowest BCUT2D eigenvalue weighted by atomic mass is 10.0. The highest BCUT2D eigenvalue weighted by molar-refractivity contribution is 6.03. The number of phenolic OH excluding ortho intramolecular Hbond substituents is 2. The van der Waals surface area contributed by atoms with Gasteiger partial charge in [-0.1, -0.05) is 32.4 Å². The summed E-state index contributed by atoms with van der Waals surface area (Å²) in [6.45, 7) is 5.52. The van der Waals surface area contributed by atoms with Gasteiger partial charge < -0.3 is 15.5 Å². The van der Waals surface area contributed by atoms with Crippen LogP contribution in [0.2, 0.25) is 0 Å². The van der Waals surface area contributed by atoms with Gasteiger partial charge in [-0.3, -0.25) is 9.59 Å². The number of amides is 1. The third-order valence-electron chi connectivity index (χ3n) is 2.72. The Morgan fingerprint density at radius 3 is 2.32 bits per heavy atom. The van der Waals surface area contributed by atoms with Crippen LogP contribution in [0.1, 0.15) is 37.6 Å². The summed E-state index contributed by atoms with van der Waals surface area (Å²) in [4.78, 5) is 22.6. The van der Waals surface area contributed by atoms with E-state index >= 15 is 0 Å². The summed E-state index contributed by atoms with van der Waals surface area (Å²) >= 11 is 0. The molecule has 2 aromatic carbocycles. The molecule has 118 valence electrons. The zero-order chi connectivity index (χ0) is 16.7. The van der Waals surface area contributed by atoms with Gasteiger partial charge in [0.25, 0.3) is 5.91 Å². The van der Waals surface area contributed by atoms with Gasteiger partial charge in [0, 0.05) is 5.39 Å². The number of phenols is 2. The molecule has 2 aromatic rings. The second-order valence-electron chi connectivity index (χ2n) is 4.96. The minimum Gasteiger partial charge on any atom is -0.507 e. The molecule has 0 saturated carbocycles. The topological polar surface area (TPSA) is 86.6 Å². The Morgan fingerprint density at radius 2 is 1.73 bits per heavy atom. The number of nitrogens with one attached hydrogen (secondary N) is 1. The van der Waals surface area contributed by atoms with Gasteiger partial charge >= 0.3 is 0 Å². The van der Waals surface area contributed by atoms with Gasteiger partial charge in [0.05, 0.1) is 12.1 Å². The molecule has 2 rings (SSSR count). The molecule has 0 aliphatic carbocycles. The van der Waals surface area contributed by atoms with E-state index in [1.165, 1.54) is 31.5 Å². The van der Waals surface area contributed by atoms with Gasteiger partial charge in [0.1, 0.15) is 17.3 Å². The molecule has 5 nitrogen and oxygen atoms in total. The summed E-state index contributed by atoms with van der Waals surface area (Å²) in [6.07, 6.45) is 1.25. The molecule has 0 spiro atoms. The van der Waals surface area contributed by atoms with Crippen LogP contribution in [0.4, 0.5) is 0 Å². The van der Waals surface area contributed by atoms with Gasteiger partial charge in [-0.25, -0.2) is 0 Å². The summed E-state index contributed by atoms with van der Waals surface area (Å²) in [5.74, 6) is -0.914. The Hall–Kier alpha value is -2.56. The zero-order valence-electron chi connectivity index (χ0n) is 13.0. The van der Waals surface area contributed by atoms with Crippen molar-refractivity contribution in [3.8, 4) is 11.5 Å². The molecule has 0 bridgehead atoms. The third-order valence-corrected chi connectivity index (χ3v) is 2.72. The average Bonchev–Trinajstić information content (AvgIpc) is 2.46. The van der Waals surface area contributed by atoms with E-state index in [1.807, 2.05) is 0 Å². The van der Waals surface area contributed by atoms with Crippen LogP contribution >= 0.6 is 0 Å². The van der Waals surface area contributed by atoms with Crippen molar-refractivity contribution in [3.63, 3.8) is 0 Å². The van der Waals surface area contributed by atoms with E-state index in [-0.39, 0.29) is 29.4 Å². The number of hydrogen-bond acceptors (Lipinski definition) is 4. The van der Waals surface area contributed by atoms with Crippen molar-refractivity contribution in [1.82, 2.24) is 5.32 Å². The summed E-state index contributed by atoms with van der Waals surface area (Å²) in [5.41, 5.74) is 0.0688. The van der Waals surface area contributed by atoms with Gasteiger partial charge in [0.15, 0.2) is 0 Å². The largest absolute Gasteiger partial charge is 0.507 e. The van der Waals surface area contributed by atoms with E-state index in [0.717, 1.165) is 0 Å². The molecule has 1 amide bonds. The van der Waals surface area contributed by atoms with Crippen LogP contribution in [0.25, 0.3) is 10.8 Å². The first kappa shape index (κ1) is 17.5. The quantitative estimate of drug-likeness (QED) is 0.813. The minimum atomic E-state index is -0.530. The van der Waals surface area contributed by atoms with E-state index in [9.17, 15) is 19.8 Å². The van der Waals surface area contributed by atoms with Crippen molar-refractivity contribution in [2.75, 3.05) is 6.54 Å². The highest BCUT2D eigenvalue weighted by atomic mass is 16.3. The van der Waals surface area contributed by atoms with Gasteiger partial charge in [-0.15, -0.1) is 0 Å². The van der Waals surface area contributed by atoms with Crippen molar-refractivity contribution in [1.29, 1.82) is 0 Å². The fraction of sp³-hybridized carbons (Fsp3) is 0.294. The smallest absolute Gasteiger partial charge is 0.255 e. The lowest BCUT2D eigenvalue weighted by Gasteiger charge is -2.08. The van der Waals surface area contributed by atoms with Crippen molar-refractivity contribution in [2.45, 2.75) is 27.2 Å². The average molecular weight is 303 g/mol. The first-order valence-corrected chi connectivity index (χ1v) is 7.13. The van der Waals surface area contributed by atoms with Crippen molar-refractivity contribution >= 4 is 22.5 Å². The van der Waals surface area contributed by atoms with E-state index in [4.69, 9.17) is 0 Å². The number of ketones is 1. The van der Waals surface area contributed by atoms with Crippen molar-refractivity contribution < 1.29 is 19.8 Å². The Bertz CT molecular complexity index is 680. The summed E-state index contributed by atoms with van der Waals surface area (Å²) in [6, 6.07) is 7.66. The number of rotatable bonds is 3. The first-order valence-electron chi connectivity index (χ1n) is 7.13. The molecular formula is C17H21NO4. The second kappa shape index (κ2) is 8.02. The van der Waals surface area contributed by atoms with Crippen LogP contribution < -0.4 is 5.32 Å². The molecule has 0 aromatic heterocycles. The van der Waals surface area contributed by atoms with E-state index in [0.29, 0.717) is 10.8 Å². The van der Waals surface area contributed by atoms with Gasteiger partial charge in [0.2, 0.25) is 0 Å². The third kappa shape index (κ3) is 4.48. The molecule has 0 saturated heterocycles. The van der Waals surface area contributed by atoms with Crippen molar-refractivity contribution in [3.05, 3.63) is 35.9 Å². The second-order valence-corrected chi connectivity index (χ2v) is 4.96. The number of fused-ring (bicyclic) bond motifs is 1. The van der Waals surface area contributed by atoms with Gasteiger partial charge in [-0.2, -0.15) is 0 Å². The maximum atomic E-state index is 11.8. The summed E-state index contributed by atoms with van der Waals surface area (Å²) in [5, 5.41) is 23.0. The number of carbonyl (C=O) groups is 2. The molecule has 5 heteroatoms. The maximum Gasteiger partial charge on any atom is 0.255 e. The van der Waals surface area contributed by atoms with Gasteiger partial charge in [-0.05, 0) is 30.5 Å². The molecule has 0 unspecified atom stereocenters. The zero-order valence-corrected chi connectivity index (χ0v) is 13.0. The van der Waals surface area contributed by atoms with E-state index in [2.05, 4.69) is 19.2 Å². The number of aromatic hydroxyl groups is 2. The monoisotopic (exact) mass is 303 g/mol. The Morgan fingerprint density at radius 1 is 1.09 bits per heavy atom. The number of Topliss-reactive ketones (excluding diaryl/α,β-unsaturated/α-hetero) is 1. The van der Waals surface area contributed by atoms with Crippen LogP contribution in [-0.4, -0.2) is 28.4 Å². The first-order chi connectivity index (χ1) is 10.4. The number of benzene rings is 2. The maximum absolute atomic E-state index is 11.8. The lowest BCUT2D eigenvalue weighted by molar-refractivity contribution is -0.116. The van der Waals surface area contributed by atoms with Crippen LogP contribution in [0.3, 0.4) is 0 Å². The summed E-state index contributed by atoms with van der Waals surface area (Å²) in [7, 11) is 0. The number of hydrogen-bond donors (Lipinski definition) is 3. The fourth-order valence-corrected chi connectivity index (χ4v) is 1.78. The molecule has 3 N–H and O–H groups in total. The van der Waals surface area contributed by atoms with Crippen LogP contribution in [0, 0.1) is 0 Å². The molecule has 0 aliphatic heterocycles. The molecule has 0 aliphatic rings. The highest BCUT2D eigenvalue weighted by Crippen LogP contribution is 2.30. The van der Waals surface area contributed by atoms with E-state index in [1.54, 1.807) is 12.1 Å². The highest BCUT2D eigenvalue weighted by Gasteiger charge is 2.13. The Labute approximate surface area is 129 Å². The normalized spacial score (nSPS) is 9.77. The van der Waals surface area contributed by atoms with Crippen LogP contribution in [0.5, 0.6) is 11.5 Å². The lowest BCUT2D eigenvalue weighted by Crippen LogP contribution is -2.28. The standard InChI is InChI=1S/C14H13NO4.C3H8/c1-8(16)7-15-14(19)11-5-9-3-2-4-12(17)10(9)6-13(11)18;1-3-2/h2-6,17-18H,7H2,1H3,(H,15,19);3H2,1-2H3. The number of carbonyl (C=O) groups excluding carboxylic acids is 2. The predicted molar refractivity (Wildman–Crippen MR) is 86.3 cm³/mol. The Kier molecular flexibility index (Phi) is 6.38. The predicted octanol–water partition coefficient (Wildman–Crippen LogP) is 2.99. The molecule has 0 radical (unpaired) electrons. The van der Waals surface area contributed by atoms with E-state index < -0.39 is 5.91 Å². The molecule has 0 atom stereocenters. The summed E-state index contributed by atoms with van der Waals surface area (Å²) < 4.78 is 0. The molecule has 0 fully saturated rings. The fourth-order valence-electron chi connectivity index (χ4n) is 1.78. The SMILES string of the molecule is CC(=O)CNC(=O)c1cc2cccc(O)c2cc1O.CCC. The molecular weight excluding hydrogens is 282 g/mol. The molecule has 22 heavy (non-hydrogen) atoms.